The molecule has 92 valence electrons. The number of fused-ring (bicyclic) bond motifs is 1. The second kappa shape index (κ2) is 4.40. The summed E-state index contributed by atoms with van der Waals surface area (Å²) in [5, 5.41) is 3.34. The minimum absolute atomic E-state index is 0.0231. The van der Waals surface area contributed by atoms with Gasteiger partial charge in [-0.3, -0.25) is 4.79 Å². The highest BCUT2D eigenvalue weighted by molar-refractivity contribution is 5.99. The summed E-state index contributed by atoms with van der Waals surface area (Å²) in [6.45, 7) is 6.99. The van der Waals surface area contributed by atoms with Crippen LogP contribution in [0.25, 0.3) is 0 Å². The van der Waals surface area contributed by atoms with Crippen LogP contribution in [0.15, 0.2) is 18.2 Å². The van der Waals surface area contributed by atoms with Gasteiger partial charge in [0.2, 0.25) is 5.91 Å². The Balaban J connectivity index is 2.46. The van der Waals surface area contributed by atoms with Gasteiger partial charge in [-0.2, -0.15) is 0 Å². The lowest BCUT2D eigenvalue weighted by Gasteiger charge is -2.20. The molecule has 0 bridgehead atoms. The van der Waals surface area contributed by atoms with Crippen LogP contribution in [-0.2, 0) is 4.79 Å². The highest BCUT2D eigenvalue weighted by Crippen LogP contribution is 2.32. The van der Waals surface area contributed by atoms with Gasteiger partial charge < -0.3 is 10.2 Å². The average molecular weight is 232 g/mol. The Kier molecular flexibility index (Phi) is 3.09. The van der Waals surface area contributed by atoms with Crippen molar-refractivity contribution >= 4 is 17.3 Å². The molecule has 1 aliphatic heterocycles. The molecule has 3 nitrogen and oxygen atoms in total. The standard InChI is InChI=1S/C14H20N2O/c1-9(2)11-5-6-12-13(7-11)16(4)14(17)10(3)8-15-12/h5-7,9-10,15H,8H2,1-4H3. The second-order valence-electron chi connectivity index (χ2n) is 5.11. The molecule has 0 aliphatic carbocycles. The summed E-state index contributed by atoms with van der Waals surface area (Å²) >= 11 is 0. The predicted molar refractivity (Wildman–Crippen MR) is 71.6 cm³/mol. The fraction of sp³-hybridized carbons (Fsp3) is 0.500. The average Bonchev–Trinajstić information content (AvgIpc) is 2.42. The maximum Gasteiger partial charge on any atom is 0.231 e. The molecule has 1 aromatic carbocycles. The fourth-order valence-corrected chi connectivity index (χ4v) is 2.13. The molecule has 17 heavy (non-hydrogen) atoms. The topological polar surface area (TPSA) is 32.3 Å². The van der Waals surface area contributed by atoms with Gasteiger partial charge in [-0.25, -0.2) is 0 Å². The van der Waals surface area contributed by atoms with Crippen LogP contribution < -0.4 is 10.2 Å². The molecule has 1 heterocycles. The van der Waals surface area contributed by atoms with Gasteiger partial charge in [-0.05, 0) is 23.6 Å². The molecule has 0 radical (unpaired) electrons. The number of carbonyl (C=O) groups is 1. The van der Waals surface area contributed by atoms with Crippen LogP contribution in [0.2, 0.25) is 0 Å². The number of carbonyl (C=O) groups excluding carboxylic acids is 1. The van der Waals surface area contributed by atoms with Gasteiger partial charge in [0.05, 0.1) is 17.3 Å². The molecule has 1 aromatic rings. The zero-order valence-electron chi connectivity index (χ0n) is 10.9. The summed E-state index contributed by atoms with van der Waals surface area (Å²) < 4.78 is 0. The van der Waals surface area contributed by atoms with Crippen molar-refractivity contribution in [2.24, 2.45) is 5.92 Å². The molecule has 0 spiro atoms. The molecule has 0 saturated heterocycles. The van der Waals surface area contributed by atoms with Gasteiger partial charge in [-0.15, -0.1) is 0 Å². The molecule has 0 aromatic heterocycles. The molecule has 1 amide bonds. The van der Waals surface area contributed by atoms with Crippen LogP contribution >= 0.6 is 0 Å². The van der Waals surface area contributed by atoms with Crippen molar-refractivity contribution in [2.45, 2.75) is 26.7 Å². The van der Waals surface area contributed by atoms with Gasteiger partial charge in [0, 0.05) is 13.6 Å². The largest absolute Gasteiger partial charge is 0.383 e. The highest BCUT2D eigenvalue weighted by Gasteiger charge is 2.24. The molecule has 1 unspecified atom stereocenters. The van der Waals surface area contributed by atoms with Gasteiger partial charge in [-0.1, -0.05) is 26.8 Å². The van der Waals surface area contributed by atoms with E-state index in [1.54, 1.807) is 4.90 Å². The van der Waals surface area contributed by atoms with Gasteiger partial charge in [0.1, 0.15) is 0 Å². The summed E-state index contributed by atoms with van der Waals surface area (Å²) in [5.41, 5.74) is 3.31. The van der Waals surface area contributed by atoms with Gasteiger partial charge >= 0.3 is 0 Å². The van der Waals surface area contributed by atoms with E-state index in [0.717, 1.165) is 11.4 Å². The molecule has 0 fully saturated rings. The number of benzene rings is 1. The first-order valence-corrected chi connectivity index (χ1v) is 6.16. The molecule has 1 N–H and O–H groups in total. The summed E-state index contributed by atoms with van der Waals surface area (Å²) in [4.78, 5) is 13.8. The number of nitrogens with zero attached hydrogens (tertiary/aromatic N) is 1. The number of nitrogens with one attached hydrogen (secondary N) is 1. The van der Waals surface area contributed by atoms with E-state index < -0.39 is 0 Å². The lowest BCUT2D eigenvalue weighted by atomic mass is 10.0. The molecular weight excluding hydrogens is 212 g/mol. The van der Waals surface area contributed by atoms with Gasteiger partial charge in [0.25, 0.3) is 0 Å². The predicted octanol–water partition coefficient (Wildman–Crippen LogP) is 2.83. The van der Waals surface area contributed by atoms with Crippen molar-refractivity contribution in [2.75, 3.05) is 23.8 Å². The van der Waals surface area contributed by atoms with Crippen LogP contribution in [0.4, 0.5) is 11.4 Å². The first kappa shape index (κ1) is 12.0. The molecule has 2 rings (SSSR count). The Morgan fingerprint density at radius 3 is 2.76 bits per heavy atom. The molecule has 1 aliphatic rings. The van der Waals surface area contributed by atoms with E-state index >= 15 is 0 Å². The van der Waals surface area contributed by atoms with E-state index in [4.69, 9.17) is 0 Å². The SMILES string of the molecule is CC1CNc2ccc(C(C)C)cc2N(C)C1=O. The summed E-state index contributed by atoms with van der Waals surface area (Å²) in [6.07, 6.45) is 0. The van der Waals surface area contributed by atoms with E-state index in [1.165, 1.54) is 5.56 Å². The van der Waals surface area contributed by atoms with Crippen molar-refractivity contribution in [1.29, 1.82) is 0 Å². The van der Waals surface area contributed by atoms with Gasteiger partial charge in [0.15, 0.2) is 0 Å². The third kappa shape index (κ3) is 2.14. The van der Waals surface area contributed by atoms with Crippen molar-refractivity contribution in [3.63, 3.8) is 0 Å². The lowest BCUT2D eigenvalue weighted by molar-refractivity contribution is -0.121. The van der Waals surface area contributed by atoms with E-state index in [9.17, 15) is 4.79 Å². The van der Waals surface area contributed by atoms with Crippen LogP contribution in [0.3, 0.4) is 0 Å². The van der Waals surface area contributed by atoms with Crippen LogP contribution in [0, 0.1) is 5.92 Å². The summed E-state index contributed by atoms with van der Waals surface area (Å²) in [6, 6.07) is 6.32. The van der Waals surface area contributed by atoms with E-state index in [1.807, 2.05) is 14.0 Å². The highest BCUT2D eigenvalue weighted by atomic mass is 16.2. The zero-order chi connectivity index (χ0) is 12.6. The van der Waals surface area contributed by atoms with Crippen molar-refractivity contribution < 1.29 is 4.79 Å². The van der Waals surface area contributed by atoms with Crippen LogP contribution in [0.1, 0.15) is 32.3 Å². The number of rotatable bonds is 1. The number of amides is 1. The lowest BCUT2D eigenvalue weighted by Crippen LogP contribution is -2.31. The fourth-order valence-electron chi connectivity index (χ4n) is 2.13. The first-order valence-electron chi connectivity index (χ1n) is 6.16. The minimum Gasteiger partial charge on any atom is -0.383 e. The molecule has 1 atom stereocenters. The normalized spacial score (nSPS) is 19.9. The summed E-state index contributed by atoms with van der Waals surface area (Å²) in [7, 11) is 1.86. The molecular formula is C14H20N2O. The Hall–Kier alpha value is -1.51. The van der Waals surface area contributed by atoms with E-state index in [2.05, 4.69) is 37.4 Å². The van der Waals surface area contributed by atoms with Crippen LogP contribution in [0.5, 0.6) is 0 Å². The number of hydrogen-bond acceptors (Lipinski definition) is 2. The Morgan fingerprint density at radius 2 is 2.12 bits per heavy atom. The first-order chi connectivity index (χ1) is 8.00. The van der Waals surface area contributed by atoms with Crippen LogP contribution in [-0.4, -0.2) is 19.5 Å². The third-order valence-electron chi connectivity index (χ3n) is 3.40. The Morgan fingerprint density at radius 1 is 1.41 bits per heavy atom. The number of hydrogen-bond donors (Lipinski definition) is 1. The quantitative estimate of drug-likeness (QED) is 0.807. The minimum atomic E-state index is 0.0231. The second-order valence-corrected chi connectivity index (χ2v) is 5.11. The maximum absolute atomic E-state index is 12.1. The van der Waals surface area contributed by atoms with Crippen molar-refractivity contribution in [3.05, 3.63) is 23.8 Å². The zero-order valence-corrected chi connectivity index (χ0v) is 10.9. The summed E-state index contributed by atoms with van der Waals surface area (Å²) in [5.74, 6) is 0.677. The Labute approximate surface area is 103 Å². The molecule has 3 heteroatoms. The third-order valence-corrected chi connectivity index (χ3v) is 3.40. The van der Waals surface area contributed by atoms with Crippen molar-refractivity contribution in [3.8, 4) is 0 Å². The monoisotopic (exact) mass is 232 g/mol. The molecule has 0 saturated carbocycles. The van der Waals surface area contributed by atoms with Crippen molar-refractivity contribution in [1.82, 2.24) is 0 Å². The number of anilines is 2. The van der Waals surface area contributed by atoms with E-state index in [0.29, 0.717) is 12.5 Å². The van der Waals surface area contributed by atoms with E-state index in [-0.39, 0.29) is 11.8 Å². The Bertz CT molecular complexity index is 440. The smallest absolute Gasteiger partial charge is 0.231 e. The maximum atomic E-state index is 12.1.